The van der Waals surface area contributed by atoms with E-state index < -0.39 is 0 Å². The summed E-state index contributed by atoms with van der Waals surface area (Å²) in [6.07, 6.45) is 0. The van der Waals surface area contributed by atoms with Gasteiger partial charge >= 0.3 is 0 Å². The molecule has 0 N–H and O–H groups in total. The Morgan fingerprint density at radius 2 is 2.31 bits per heavy atom. The van der Waals surface area contributed by atoms with Crippen LogP contribution >= 0.6 is 49.9 Å². The number of rotatable bonds is 0. The SMILES string of the molecule is N#Cc1cc(I)c(Br)c2sccc12. The Kier molecular flexibility index (Phi) is 2.58. The number of hydrogen-bond acceptors (Lipinski definition) is 2. The van der Waals surface area contributed by atoms with E-state index in [4.69, 9.17) is 5.26 Å². The summed E-state index contributed by atoms with van der Waals surface area (Å²) >= 11 is 7.40. The van der Waals surface area contributed by atoms with Gasteiger partial charge in [0.2, 0.25) is 0 Å². The van der Waals surface area contributed by atoms with E-state index in [1.54, 1.807) is 11.3 Å². The molecule has 1 heterocycles. The van der Waals surface area contributed by atoms with Gasteiger partial charge in [-0.15, -0.1) is 11.3 Å². The first-order valence-corrected chi connectivity index (χ1v) is 6.24. The number of nitriles is 1. The number of hydrogen-bond donors (Lipinski definition) is 0. The highest BCUT2D eigenvalue weighted by Gasteiger charge is 2.08. The zero-order valence-corrected chi connectivity index (χ0v) is 10.9. The fourth-order valence-electron chi connectivity index (χ4n) is 1.16. The summed E-state index contributed by atoms with van der Waals surface area (Å²) < 4.78 is 3.34. The summed E-state index contributed by atoms with van der Waals surface area (Å²) in [4.78, 5) is 0. The molecule has 2 aromatic rings. The number of halogens is 2. The third-order valence-corrected chi connectivity index (χ3v) is 5.37. The summed E-state index contributed by atoms with van der Waals surface area (Å²) in [5.74, 6) is 0. The van der Waals surface area contributed by atoms with Crippen LogP contribution in [-0.4, -0.2) is 0 Å². The molecule has 0 amide bonds. The Labute approximate surface area is 102 Å². The molecule has 1 aromatic carbocycles. The smallest absolute Gasteiger partial charge is 0.0998 e. The molecule has 0 spiro atoms. The van der Waals surface area contributed by atoms with E-state index in [0.29, 0.717) is 0 Å². The third-order valence-electron chi connectivity index (χ3n) is 1.76. The molecule has 0 unspecified atom stereocenters. The molecule has 4 heteroatoms. The molecular weight excluding hydrogens is 361 g/mol. The van der Waals surface area contributed by atoms with E-state index in [-0.39, 0.29) is 0 Å². The molecule has 0 aliphatic rings. The average Bonchev–Trinajstić information content (AvgIpc) is 2.60. The average molecular weight is 364 g/mol. The van der Waals surface area contributed by atoms with Crippen molar-refractivity contribution in [3.63, 3.8) is 0 Å². The Bertz CT molecular complexity index is 512. The van der Waals surface area contributed by atoms with Gasteiger partial charge in [-0.05, 0) is 56.0 Å². The molecule has 2 rings (SSSR count). The van der Waals surface area contributed by atoms with Crippen molar-refractivity contribution in [1.29, 1.82) is 5.26 Å². The van der Waals surface area contributed by atoms with Crippen molar-refractivity contribution < 1.29 is 0 Å². The van der Waals surface area contributed by atoms with Crippen LogP contribution in [0.5, 0.6) is 0 Å². The van der Waals surface area contributed by atoms with E-state index in [1.807, 2.05) is 17.5 Å². The lowest BCUT2D eigenvalue weighted by Crippen LogP contribution is -1.80. The molecule has 64 valence electrons. The molecule has 13 heavy (non-hydrogen) atoms. The second kappa shape index (κ2) is 3.56. The molecule has 0 radical (unpaired) electrons. The highest BCUT2D eigenvalue weighted by molar-refractivity contribution is 14.1. The number of nitrogens with zero attached hydrogens (tertiary/aromatic N) is 1. The first kappa shape index (κ1) is 9.44. The van der Waals surface area contributed by atoms with Crippen molar-refractivity contribution in [3.05, 3.63) is 31.1 Å². The molecule has 0 saturated carbocycles. The molecular formula is C9H3BrINS. The highest BCUT2D eigenvalue weighted by Crippen LogP contribution is 2.34. The van der Waals surface area contributed by atoms with E-state index >= 15 is 0 Å². The lowest BCUT2D eigenvalue weighted by Gasteiger charge is -1.99. The van der Waals surface area contributed by atoms with Crippen LogP contribution in [0, 0.1) is 14.9 Å². The number of fused-ring (bicyclic) bond motifs is 1. The highest BCUT2D eigenvalue weighted by atomic mass is 127. The molecule has 0 aliphatic carbocycles. The van der Waals surface area contributed by atoms with E-state index in [9.17, 15) is 0 Å². The molecule has 0 saturated heterocycles. The van der Waals surface area contributed by atoms with Crippen molar-refractivity contribution in [2.45, 2.75) is 0 Å². The molecule has 1 nitrogen and oxygen atoms in total. The van der Waals surface area contributed by atoms with Gasteiger partial charge in [-0.25, -0.2) is 0 Å². The molecule has 0 aliphatic heterocycles. The van der Waals surface area contributed by atoms with Crippen molar-refractivity contribution in [1.82, 2.24) is 0 Å². The van der Waals surface area contributed by atoms with Crippen LogP contribution in [0.15, 0.2) is 22.0 Å². The van der Waals surface area contributed by atoms with Gasteiger partial charge in [0.1, 0.15) is 0 Å². The Balaban J connectivity index is 2.97. The van der Waals surface area contributed by atoms with Crippen LogP contribution in [0.3, 0.4) is 0 Å². The monoisotopic (exact) mass is 363 g/mol. The van der Waals surface area contributed by atoms with Gasteiger partial charge in [-0.2, -0.15) is 5.26 Å². The van der Waals surface area contributed by atoms with Gasteiger partial charge in [-0.1, -0.05) is 0 Å². The first-order valence-electron chi connectivity index (χ1n) is 3.49. The van der Waals surface area contributed by atoms with Crippen LogP contribution in [0.4, 0.5) is 0 Å². The van der Waals surface area contributed by atoms with Gasteiger partial charge in [0.25, 0.3) is 0 Å². The standard InChI is InChI=1S/C9H3BrINS/c10-8-7(11)3-5(4-12)6-1-2-13-9(6)8/h1-3H. The maximum atomic E-state index is 8.91. The van der Waals surface area contributed by atoms with Crippen LogP contribution in [0.2, 0.25) is 0 Å². The van der Waals surface area contributed by atoms with Crippen molar-refractivity contribution in [3.8, 4) is 6.07 Å². The topological polar surface area (TPSA) is 23.8 Å². The minimum Gasteiger partial charge on any atom is -0.192 e. The second-order valence-corrected chi connectivity index (χ2v) is 5.37. The molecule has 1 aromatic heterocycles. The fourth-order valence-corrected chi connectivity index (χ4v) is 3.39. The van der Waals surface area contributed by atoms with Gasteiger partial charge in [0.15, 0.2) is 0 Å². The minimum atomic E-state index is 0.754. The quantitative estimate of drug-likeness (QED) is 0.645. The van der Waals surface area contributed by atoms with Gasteiger partial charge in [0, 0.05) is 13.4 Å². The largest absolute Gasteiger partial charge is 0.192 e. The summed E-state index contributed by atoms with van der Waals surface area (Å²) in [5, 5.41) is 12.0. The second-order valence-electron chi connectivity index (χ2n) is 2.50. The van der Waals surface area contributed by atoms with E-state index in [2.05, 4.69) is 44.6 Å². The lowest BCUT2D eigenvalue weighted by molar-refractivity contribution is 1.50. The van der Waals surface area contributed by atoms with E-state index in [1.165, 1.54) is 0 Å². The Morgan fingerprint density at radius 3 is 3.00 bits per heavy atom. The zero-order valence-electron chi connectivity index (χ0n) is 6.34. The summed E-state index contributed by atoms with van der Waals surface area (Å²) in [7, 11) is 0. The van der Waals surface area contributed by atoms with Gasteiger partial charge in [-0.3, -0.25) is 0 Å². The molecule has 0 bridgehead atoms. The van der Waals surface area contributed by atoms with Crippen molar-refractivity contribution >= 4 is 59.9 Å². The van der Waals surface area contributed by atoms with E-state index in [0.717, 1.165) is 23.7 Å². The lowest BCUT2D eigenvalue weighted by atomic mass is 10.1. The maximum absolute atomic E-state index is 8.91. The molecule has 0 fully saturated rings. The molecule has 0 atom stereocenters. The Hall–Kier alpha value is -0.120. The zero-order chi connectivity index (χ0) is 9.42. The predicted molar refractivity (Wildman–Crippen MR) is 67.0 cm³/mol. The normalized spacial score (nSPS) is 10.2. The maximum Gasteiger partial charge on any atom is 0.0998 e. The van der Waals surface area contributed by atoms with Crippen LogP contribution < -0.4 is 0 Å². The summed E-state index contributed by atoms with van der Waals surface area (Å²) in [5.41, 5.74) is 0.754. The van der Waals surface area contributed by atoms with Crippen LogP contribution in [-0.2, 0) is 0 Å². The van der Waals surface area contributed by atoms with Gasteiger partial charge in [0.05, 0.1) is 16.3 Å². The van der Waals surface area contributed by atoms with Crippen molar-refractivity contribution in [2.24, 2.45) is 0 Å². The van der Waals surface area contributed by atoms with Crippen LogP contribution in [0.1, 0.15) is 5.56 Å². The fraction of sp³-hybridized carbons (Fsp3) is 0. The summed E-state index contributed by atoms with van der Waals surface area (Å²) in [6, 6.07) is 6.09. The predicted octanol–water partition coefficient (Wildman–Crippen LogP) is 4.14. The van der Waals surface area contributed by atoms with Crippen molar-refractivity contribution in [2.75, 3.05) is 0 Å². The third kappa shape index (κ3) is 1.49. The van der Waals surface area contributed by atoms with Gasteiger partial charge < -0.3 is 0 Å². The van der Waals surface area contributed by atoms with Crippen LogP contribution in [0.25, 0.3) is 10.1 Å². The number of thiophene rings is 1. The first-order chi connectivity index (χ1) is 6.24. The Morgan fingerprint density at radius 1 is 1.54 bits per heavy atom. The summed E-state index contributed by atoms with van der Waals surface area (Å²) in [6.45, 7) is 0. The number of benzene rings is 1. The minimum absolute atomic E-state index is 0.754.